The van der Waals surface area contributed by atoms with E-state index in [1.807, 2.05) is 42.6 Å². The van der Waals surface area contributed by atoms with Crippen LogP contribution in [0.3, 0.4) is 0 Å². The lowest BCUT2D eigenvalue weighted by atomic mass is 10.2. The summed E-state index contributed by atoms with van der Waals surface area (Å²) in [5, 5.41) is 7.93. The molecule has 0 unspecified atom stereocenters. The third kappa shape index (κ3) is 5.68. The Hall–Kier alpha value is -3.13. The minimum Gasteiger partial charge on any atom is -0.494 e. The molecule has 146 valence electrons. The van der Waals surface area contributed by atoms with E-state index in [9.17, 15) is 4.79 Å². The molecule has 0 aliphatic rings. The second-order valence-electron chi connectivity index (χ2n) is 5.99. The quantitative estimate of drug-likeness (QED) is 0.572. The minimum absolute atomic E-state index is 0.275. The maximum atomic E-state index is 12.1. The summed E-state index contributed by atoms with van der Waals surface area (Å²) in [6.45, 7) is 4.89. The zero-order valence-corrected chi connectivity index (χ0v) is 16.6. The number of aryl methyl sites for hydroxylation is 1. The van der Waals surface area contributed by atoms with Gasteiger partial charge in [-0.15, -0.1) is 11.3 Å². The summed E-state index contributed by atoms with van der Waals surface area (Å²) >= 11 is 1.38. The van der Waals surface area contributed by atoms with Gasteiger partial charge in [-0.25, -0.2) is 14.8 Å². The first-order valence-electron chi connectivity index (χ1n) is 8.95. The number of urea groups is 1. The van der Waals surface area contributed by atoms with Gasteiger partial charge in [0.15, 0.2) is 5.13 Å². The van der Waals surface area contributed by atoms with Crippen LogP contribution in [0.5, 0.6) is 17.4 Å². The summed E-state index contributed by atoms with van der Waals surface area (Å²) in [4.78, 5) is 20.5. The van der Waals surface area contributed by atoms with Gasteiger partial charge in [0, 0.05) is 23.7 Å². The number of rotatable bonds is 8. The molecule has 2 amide bonds. The van der Waals surface area contributed by atoms with Gasteiger partial charge in [0.2, 0.25) is 5.88 Å². The van der Waals surface area contributed by atoms with Crippen LogP contribution >= 0.6 is 11.3 Å². The Morgan fingerprint density at radius 1 is 1.18 bits per heavy atom. The molecule has 0 atom stereocenters. The number of aromatic nitrogens is 2. The number of amides is 2. The summed E-state index contributed by atoms with van der Waals surface area (Å²) in [6.07, 6.45) is 2.61. The van der Waals surface area contributed by atoms with E-state index in [1.165, 1.54) is 11.3 Å². The Labute approximate surface area is 167 Å². The molecule has 2 aromatic heterocycles. The maximum Gasteiger partial charge on any atom is 0.321 e. The number of anilines is 1. The summed E-state index contributed by atoms with van der Waals surface area (Å²) in [5.41, 5.74) is 1.63. The Bertz CT molecular complexity index is 912. The molecular weight excluding hydrogens is 376 g/mol. The number of benzene rings is 1. The van der Waals surface area contributed by atoms with Crippen LogP contribution in [0.4, 0.5) is 9.93 Å². The third-order valence-corrected chi connectivity index (χ3v) is 4.52. The second kappa shape index (κ2) is 9.70. The third-order valence-electron chi connectivity index (χ3n) is 3.64. The number of nitrogens with zero attached hydrogens (tertiary/aromatic N) is 2. The number of carbonyl (C=O) groups excluding carboxylic acids is 1. The van der Waals surface area contributed by atoms with E-state index >= 15 is 0 Å². The van der Waals surface area contributed by atoms with Crippen LogP contribution < -0.4 is 20.1 Å². The Morgan fingerprint density at radius 2 is 1.96 bits per heavy atom. The van der Waals surface area contributed by atoms with Gasteiger partial charge >= 0.3 is 6.03 Å². The highest BCUT2D eigenvalue weighted by Crippen LogP contribution is 2.25. The highest BCUT2D eigenvalue weighted by atomic mass is 32.1. The lowest BCUT2D eigenvalue weighted by molar-refractivity contribution is 0.251. The molecule has 0 fully saturated rings. The molecule has 0 spiro atoms. The molecule has 7 nitrogen and oxygen atoms in total. The van der Waals surface area contributed by atoms with Crippen molar-refractivity contribution in [3.8, 4) is 17.4 Å². The summed E-state index contributed by atoms with van der Waals surface area (Å²) in [7, 11) is 0. The van der Waals surface area contributed by atoms with E-state index in [4.69, 9.17) is 9.47 Å². The minimum atomic E-state index is -0.332. The van der Waals surface area contributed by atoms with E-state index in [1.54, 1.807) is 12.3 Å². The van der Waals surface area contributed by atoms with Gasteiger partial charge in [0.05, 0.1) is 12.3 Å². The van der Waals surface area contributed by atoms with Crippen molar-refractivity contribution in [2.45, 2.75) is 26.8 Å². The van der Waals surface area contributed by atoms with E-state index in [0.29, 0.717) is 23.4 Å². The normalized spacial score (nSPS) is 10.4. The first-order valence-corrected chi connectivity index (χ1v) is 9.83. The molecule has 8 heteroatoms. The Morgan fingerprint density at radius 3 is 2.68 bits per heavy atom. The van der Waals surface area contributed by atoms with Crippen molar-refractivity contribution < 1.29 is 14.3 Å². The predicted octanol–water partition coefficient (Wildman–Crippen LogP) is 4.75. The van der Waals surface area contributed by atoms with Crippen molar-refractivity contribution >= 4 is 22.5 Å². The van der Waals surface area contributed by atoms with Gasteiger partial charge < -0.3 is 14.8 Å². The maximum absolute atomic E-state index is 12.1. The zero-order valence-electron chi connectivity index (χ0n) is 15.8. The molecule has 0 radical (unpaired) electrons. The highest BCUT2D eigenvalue weighted by Gasteiger charge is 2.09. The molecule has 2 N–H and O–H groups in total. The fourth-order valence-electron chi connectivity index (χ4n) is 2.31. The van der Waals surface area contributed by atoms with Crippen molar-refractivity contribution in [1.29, 1.82) is 0 Å². The van der Waals surface area contributed by atoms with E-state index in [-0.39, 0.29) is 12.6 Å². The van der Waals surface area contributed by atoms with E-state index < -0.39 is 0 Å². The number of pyridine rings is 1. The van der Waals surface area contributed by atoms with Crippen molar-refractivity contribution in [2.75, 3.05) is 11.9 Å². The smallest absolute Gasteiger partial charge is 0.321 e. The van der Waals surface area contributed by atoms with Gasteiger partial charge in [-0.05, 0) is 43.7 Å². The van der Waals surface area contributed by atoms with Crippen LogP contribution in [0, 0.1) is 6.92 Å². The molecule has 3 aromatic rings. The molecule has 28 heavy (non-hydrogen) atoms. The van der Waals surface area contributed by atoms with Crippen LogP contribution in [-0.4, -0.2) is 22.6 Å². The molecule has 0 saturated heterocycles. The standard InChI is InChI=1S/C20H22N4O3S/c1-3-11-26-16-6-8-17(9-7-16)27-18-15(5-4-10-21-18)12-22-19(25)24-20-23-14(2)13-28-20/h4-10,13H,3,11-12H2,1-2H3,(H2,22,23,24,25). The largest absolute Gasteiger partial charge is 0.494 e. The van der Waals surface area contributed by atoms with Crippen LogP contribution in [0.1, 0.15) is 24.6 Å². The predicted molar refractivity (Wildman–Crippen MR) is 109 cm³/mol. The van der Waals surface area contributed by atoms with Gasteiger partial charge in [0.1, 0.15) is 11.5 Å². The average molecular weight is 398 g/mol. The van der Waals surface area contributed by atoms with Gasteiger partial charge in [-0.2, -0.15) is 0 Å². The lowest BCUT2D eigenvalue weighted by Gasteiger charge is -2.11. The number of hydrogen-bond acceptors (Lipinski definition) is 6. The van der Waals surface area contributed by atoms with Gasteiger partial charge in [0.25, 0.3) is 0 Å². The summed E-state index contributed by atoms with van der Waals surface area (Å²) < 4.78 is 11.4. The van der Waals surface area contributed by atoms with Crippen LogP contribution in [0.2, 0.25) is 0 Å². The number of carbonyl (C=O) groups is 1. The fraction of sp³-hybridized carbons (Fsp3) is 0.250. The SMILES string of the molecule is CCCOc1ccc(Oc2ncccc2CNC(=O)Nc2nc(C)cs2)cc1. The molecule has 1 aromatic carbocycles. The molecular formula is C20H22N4O3S. The molecule has 0 saturated carbocycles. The Balaban J connectivity index is 1.58. The van der Waals surface area contributed by atoms with E-state index in [0.717, 1.165) is 23.4 Å². The van der Waals surface area contributed by atoms with Crippen LogP contribution in [0.25, 0.3) is 0 Å². The Kier molecular flexibility index (Phi) is 6.80. The lowest BCUT2D eigenvalue weighted by Crippen LogP contribution is -2.28. The first kappa shape index (κ1) is 19.6. The number of thiazole rings is 1. The summed E-state index contributed by atoms with van der Waals surface area (Å²) in [6, 6.07) is 10.7. The molecule has 0 aliphatic carbocycles. The number of nitrogens with one attached hydrogen (secondary N) is 2. The zero-order chi connectivity index (χ0) is 19.8. The van der Waals surface area contributed by atoms with Gasteiger partial charge in [-0.3, -0.25) is 5.32 Å². The molecule has 0 aliphatic heterocycles. The van der Waals surface area contributed by atoms with Crippen molar-refractivity contribution in [3.05, 3.63) is 59.2 Å². The topological polar surface area (TPSA) is 85.4 Å². The van der Waals surface area contributed by atoms with Crippen LogP contribution in [-0.2, 0) is 6.54 Å². The fourth-order valence-corrected chi connectivity index (χ4v) is 3.00. The molecule has 0 bridgehead atoms. The van der Waals surface area contributed by atoms with Crippen molar-refractivity contribution in [3.63, 3.8) is 0 Å². The monoisotopic (exact) mass is 398 g/mol. The first-order chi connectivity index (χ1) is 13.6. The molecule has 3 rings (SSSR count). The second-order valence-corrected chi connectivity index (χ2v) is 6.85. The van der Waals surface area contributed by atoms with Crippen LogP contribution in [0.15, 0.2) is 48.0 Å². The van der Waals surface area contributed by atoms with Gasteiger partial charge in [-0.1, -0.05) is 13.0 Å². The van der Waals surface area contributed by atoms with Crippen molar-refractivity contribution in [2.24, 2.45) is 0 Å². The van der Waals surface area contributed by atoms with E-state index in [2.05, 4.69) is 27.5 Å². The average Bonchev–Trinajstić information content (AvgIpc) is 3.11. The van der Waals surface area contributed by atoms with Crippen molar-refractivity contribution in [1.82, 2.24) is 15.3 Å². The summed E-state index contributed by atoms with van der Waals surface area (Å²) in [5.74, 6) is 1.88. The number of ether oxygens (including phenoxy) is 2. The number of hydrogen-bond donors (Lipinski definition) is 2. The molecule has 2 heterocycles. The highest BCUT2D eigenvalue weighted by molar-refractivity contribution is 7.13.